The Bertz CT molecular complexity index is 958. The summed E-state index contributed by atoms with van der Waals surface area (Å²) in [7, 11) is 3.16. The molecule has 1 aliphatic rings. The summed E-state index contributed by atoms with van der Waals surface area (Å²) in [6.07, 6.45) is 3.55. The fourth-order valence-corrected chi connectivity index (χ4v) is 3.19. The molecule has 0 bridgehead atoms. The van der Waals surface area contributed by atoms with E-state index in [0.29, 0.717) is 43.4 Å². The summed E-state index contributed by atoms with van der Waals surface area (Å²) < 4.78 is 12.2. The molecular weight excluding hydrogens is 360 g/mol. The van der Waals surface area contributed by atoms with E-state index >= 15 is 0 Å². The summed E-state index contributed by atoms with van der Waals surface area (Å²) >= 11 is 0. The Hall–Kier alpha value is -3.49. The Morgan fingerprint density at radius 3 is 2.43 bits per heavy atom. The second-order valence-corrected chi connectivity index (χ2v) is 6.43. The molecule has 3 heterocycles. The number of amides is 2. The van der Waals surface area contributed by atoms with Crippen molar-refractivity contribution in [2.24, 2.45) is 0 Å². The Labute approximate surface area is 162 Å². The maximum Gasteiger partial charge on any atom is 0.321 e. The number of carbonyl (C=O) groups excluding carboxylic acids is 1. The minimum Gasteiger partial charge on any atom is -0.497 e. The lowest BCUT2D eigenvalue weighted by Gasteiger charge is -2.35. The molecule has 28 heavy (non-hydrogen) atoms. The van der Waals surface area contributed by atoms with Gasteiger partial charge in [0.25, 0.3) is 0 Å². The SMILES string of the molecule is COc1cc(NC(=O)N2CCN(c3ccc4nccn4n3)CC2)cc(OC)c1. The Morgan fingerprint density at radius 2 is 1.75 bits per heavy atom. The number of carbonyl (C=O) groups is 1. The van der Waals surface area contributed by atoms with Crippen LogP contribution in [-0.2, 0) is 0 Å². The highest BCUT2D eigenvalue weighted by atomic mass is 16.5. The molecule has 1 aromatic carbocycles. The normalized spacial score (nSPS) is 14.2. The minimum absolute atomic E-state index is 0.145. The number of nitrogens with one attached hydrogen (secondary N) is 1. The molecule has 9 nitrogen and oxygen atoms in total. The van der Waals surface area contributed by atoms with Crippen LogP contribution in [0.4, 0.5) is 16.3 Å². The number of hydrogen-bond acceptors (Lipinski definition) is 6. The van der Waals surface area contributed by atoms with Crippen LogP contribution in [0.5, 0.6) is 11.5 Å². The van der Waals surface area contributed by atoms with Gasteiger partial charge >= 0.3 is 6.03 Å². The maximum absolute atomic E-state index is 12.6. The van der Waals surface area contributed by atoms with Crippen molar-refractivity contribution < 1.29 is 14.3 Å². The van der Waals surface area contributed by atoms with Gasteiger partial charge in [-0.25, -0.2) is 14.3 Å². The van der Waals surface area contributed by atoms with Crippen LogP contribution in [0.2, 0.25) is 0 Å². The van der Waals surface area contributed by atoms with Crippen LogP contribution < -0.4 is 19.7 Å². The fraction of sp³-hybridized carbons (Fsp3) is 0.316. The van der Waals surface area contributed by atoms with Crippen molar-refractivity contribution >= 4 is 23.2 Å². The van der Waals surface area contributed by atoms with E-state index in [0.717, 1.165) is 11.5 Å². The smallest absolute Gasteiger partial charge is 0.321 e. The number of hydrogen-bond donors (Lipinski definition) is 1. The van der Waals surface area contributed by atoms with Gasteiger partial charge in [-0.2, -0.15) is 0 Å². The number of methoxy groups -OCH3 is 2. The third-order valence-corrected chi connectivity index (χ3v) is 4.73. The molecule has 0 spiro atoms. The molecule has 2 aromatic heterocycles. The number of ether oxygens (including phenoxy) is 2. The first kappa shape index (κ1) is 17.9. The van der Waals surface area contributed by atoms with Gasteiger partial charge in [0.2, 0.25) is 0 Å². The van der Waals surface area contributed by atoms with Crippen molar-refractivity contribution in [2.45, 2.75) is 0 Å². The van der Waals surface area contributed by atoms with Gasteiger partial charge in [0.1, 0.15) is 17.3 Å². The van der Waals surface area contributed by atoms with Crippen LogP contribution in [-0.4, -0.2) is 65.9 Å². The van der Waals surface area contributed by atoms with Gasteiger partial charge in [0.05, 0.1) is 14.2 Å². The largest absolute Gasteiger partial charge is 0.497 e. The van der Waals surface area contributed by atoms with Crippen molar-refractivity contribution in [1.29, 1.82) is 0 Å². The van der Waals surface area contributed by atoms with E-state index in [1.165, 1.54) is 0 Å². The summed E-state index contributed by atoms with van der Waals surface area (Å²) in [5.74, 6) is 2.13. The number of benzene rings is 1. The van der Waals surface area contributed by atoms with Crippen LogP contribution in [0.1, 0.15) is 0 Å². The molecule has 0 atom stereocenters. The third kappa shape index (κ3) is 3.64. The second-order valence-electron chi connectivity index (χ2n) is 6.43. The molecule has 9 heteroatoms. The molecule has 1 N–H and O–H groups in total. The lowest BCUT2D eigenvalue weighted by atomic mass is 10.2. The van der Waals surface area contributed by atoms with Crippen molar-refractivity contribution in [2.75, 3.05) is 50.6 Å². The van der Waals surface area contributed by atoms with E-state index < -0.39 is 0 Å². The average Bonchev–Trinajstić information content (AvgIpc) is 3.21. The van der Waals surface area contributed by atoms with E-state index in [1.54, 1.807) is 48.0 Å². The molecule has 1 fully saturated rings. The predicted octanol–water partition coefficient (Wildman–Crippen LogP) is 2.10. The highest BCUT2D eigenvalue weighted by Crippen LogP contribution is 2.26. The van der Waals surface area contributed by atoms with E-state index in [4.69, 9.17) is 9.47 Å². The summed E-state index contributed by atoms with van der Waals surface area (Å²) in [6.45, 7) is 2.64. The van der Waals surface area contributed by atoms with Crippen LogP contribution in [0.15, 0.2) is 42.7 Å². The van der Waals surface area contributed by atoms with Crippen LogP contribution in [0, 0.1) is 0 Å². The first-order valence-electron chi connectivity index (χ1n) is 9.00. The quantitative estimate of drug-likeness (QED) is 0.744. The van der Waals surface area contributed by atoms with Gasteiger partial charge in [0.15, 0.2) is 5.65 Å². The molecule has 0 unspecified atom stereocenters. The minimum atomic E-state index is -0.145. The predicted molar refractivity (Wildman–Crippen MR) is 105 cm³/mol. The monoisotopic (exact) mass is 382 g/mol. The molecule has 0 radical (unpaired) electrons. The Balaban J connectivity index is 1.38. The molecule has 146 valence electrons. The molecule has 1 saturated heterocycles. The van der Waals surface area contributed by atoms with Crippen molar-refractivity contribution in [3.8, 4) is 11.5 Å². The number of urea groups is 1. The summed E-state index contributed by atoms with van der Waals surface area (Å²) in [4.78, 5) is 20.8. The number of aromatic nitrogens is 3. The first-order chi connectivity index (χ1) is 13.7. The molecule has 3 aromatic rings. The number of anilines is 2. The average molecular weight is 382 g/mol. The zero-order valence-electron chi connectivity index (χ0n) is 15.8. The van der Waals surface area contributed by atoms with Crippen LogP contribution in [0.25, 0.3) is 5.65 Å². The second kappa shape index (κ2) is 7.63. The van der Waals surface area contributed by atoms with Gasteiger partial charge in [-0.1, -0.05) is 0 Å². The van der Waals surface area contributed by atoms with Gasteiger partial charge in [-0.15, -0.1) is 5.10 Å². The maximum atomic E-state index is 12.6. The summed E-state index contributed by atoms with van der Waals surface area (Å²) in [5.41, 5.74) is 1.45. The van der Waals surface area contributed by atoms with E-state index in [2.05, 4.69) is 20.3 Å². The molecule has 0 aliphatic carbocycles. The van der Waals surface area contributed by atoms with Crippen molar-refractivity contribution in [1.82, 2.24) is 19.5 Å². The lowest BCUT2D eigenvalue weighted by molar-refractivity contribution is 0.208. The molecule has 0 saturated carbocycles. The first-order valence-corrected chi connectivity index (χ1v) is 9.00. The zero-order chi connectivity index (χ0) is 19.5. The summed E-state index contributed by atoms with van der Waals surface area (Å²) in [6, 6.07) is 9.05. The summed E-state index contributed by atoms with van der Waals surface area (Å²) in [5, 5.41) is 7.48. The lowest BCUT2D eigenvalue weighted by Crippen LogP contribution is -2.50. The standard InChI is InChI=1S/C19H22N6O3/c1-27-15-11-14(12-16(13-15)28-2)21-19(26)24-9-7-23(8-10-24)18-4-3-17-20-5-6-25(17)22-18/h3-6,11-13H,7-10H2,1-2H3,(H,21,26). The molecule has 4 rings (SSSR count). The van der Waals surface area contributed by atoms with Crippen LogP contribution in [0.3, 0.4) is 0 Å². The van der Waals surface area contributed by atoms with E-state index in [1.807, 2.05) is 18.3 Å². The topological polar surface area (TPSA) is 84.2 Å². The van der Waals surface area contributed by atoms with Crippen LogP contribution >= 0.6 is 0 Å². The van der Waals surface area contributed by atoms with Crippen molar-refractivity contribution in [3.63, 3.8) is 0 Å². The highest BCUT2D eigenvalue weighted by Gasteiger charge is 2.22. The van der Waals surface area contributed by atoms with Gasteiger partial charge < -0.3 is 24.6 Å². The number of piperazine rings is 1. The Kier molecular flexibility index (Phi) is 4.88. The van der Waals surface area contributed by atoms with Gasteiger partial charge in [-0.05, 0) is 12.1 Å². The third-order valence-electron chi connectivity index (χ3n) is 4.73. The highest BCUT2D eigenvalue weighted by molar-refractivity contribution is 5.90. The molecule has 2 amide bonds. The number of rotatable bonds is 4. The van der Waals surface area contributed by atoms with Gasteiger partial charge in [0, 0.05) is 62.5 Å². The van der Waals surface area contributed by atoms with E-state index in [-0.39, 0.29) is 6.03 Å². The molecular formula is C19H22N6O3. The van der Waals surface area contributed by atoms with E-state index in [9.17, 15) is 4.79 Å². The Morgan fingerprint density at radius 1 is 1.04 bits per heavy atom. The number of nitrogens with zero attached hydrogens (tertiary/aromatic N) is 5. The van der Waals surface area contributed by atoms with Gasteiger partial charge in [-0.3, -0.25) is 0 Å². The zero-order valence-corrected chi connectivity index (χ0v) is 15.8. The van der Waals surface area contributed by atoms with Crippen molar-refractivity contribution in [3.05, 3.63) is 42.7 Å². The molecule has 1 aliphatic heterocycles. The fourth-order valence-electron chi connectivity index (χ4n) is 3.19. The number of fused-ring (bicyclic) bond motifs is 1. The number of imidazole rings is 1.